The van der Waals surface area contributed by atoms with Crippen molar-refractivity contribution >= 4 is 57.5 Å². The van der Waals surface area contributed by atoms with Gasteiger partial charge in [0.15, 0.2) is 5.96 Å². The van der Waals surface area contributed by atoms with Gasteiger partial charge in [-0.2, -0.15) is 0 Å². The molecule has 1 heterocycles. The summed E-state index contributed by atoms with van der Waals surface area (Å²) in [6.07, 6.45) is 0.466. The number of halogens is 2. The number of carbonyl (C=O) groups is 1. The van der Waals surface area contributed by atoms with E-state index < -0.39 is 0 Å². The molecule has 1 unspecified atom stereocenters. The zero-order chi connectivity index (χ0) is 19.1. The Balaban J connectivity index is 0.00000280. The van der Waals surface area contributed by atoms with Gasteiger partial charge in [-0.3, -0.25) is 9.79 Å². The molecule has 2 aromatic carbocycles. The number of guanidine groups is 1. The third kappa shape index (κ3) is 6.37. The first-order chi connectivity index (χ1) is 13.2. The summed E-state index contributed by atoms with van der Waals surface area (Å²) in [6.45, 7) is 1.78. The van der Waals surface area contributed by atoms with E-state index in [2.05, 4.69) is 42.9 Å². The molecule has 0 saturated carbocycles. The SMILES string of the molecule is CN=C(NCCOc1ccc(Br)cc1)NCC1CC(=O)Nc2ccccc21.I. The van der Waals surface area contributed by atoms with Crippen molar-refractivity contribution in [3.8, 4) is 5.75 Å². The number of aliphatic imine (C=N–C) groups is 1. The minimum absolute atomic E-state index is 0. The molecule has 2 aromatic rings. The monoisotopic (exact) mass is 558 g/mol. The molecule has 28 heavy (non-hydrogen) atoms. The number of amides is 1. The van der Waals surface area contributed by atoms with Crippen LogP contribution in [-0.4, -0.2) is 38.6 Å². The molecule has 0 saturated heterocycles. The topological polar surface area (TPSA) is 74.8 Å². The van der Waals surface area contributed by atoms with Gasteiger partial charge in [-0.05, 0) is 35.9 Å². The average molecular weight is 559 g/mol. The molecule has 6 nitrogen and oxygen atoms in total. The van der Waals surface area contributed by atoms with Gasteiger partial charge in [0, 0.05) is 36.1 Å². The highest BCUT2D eigenvalue weighted by Gasteiger charge is 2.24. The Labute approximate surface area is 190 Å². The molecule has 8 heteroatoms. The minimum Gasteiger partial charge on any atom is -0.492 e. The maximum Gasteiger partial charge on any atom is 0.225 e. The molecule has 0 aromatic heterocycles. The van der Waals surface area contributed by atoms with Crippen LogP contribution in [0.3, 0.4) is 0 Å². The van der Waals surface area contributed by atoms with Crippen LogP contribution in [0.15, 0.2) is 58.0 Å². The van der Waals surface area contributed by atoms with Crippen LogP contribution in [-0.2, 0) is 4.79 Å². The molecule has 3 rings (SSSR count). The van der Waals surface area contributed by atoms with Crippen LogP contribution in [0.2, 0.25) is 0 Å². The van der Waals surface area contributed by atoms with Crippen LogP contribution in [0.1, 0.15) is 17.9 Å². The molecule has 1 amide bonds. The second kappa shape index (κ2) is 11.3. The van der Waals surface area contributed by atoms with Crippen LogP contribution in [0.5, 0.6) is 5.75 Å². The second-order valence-corrected chi connectivity index (χ2v) is 7.13. The van der Waals surface area contributed by atoms with Gasteiger partial charge in [-0.1, -0.05) is 34.1 Å². The minimum atomic E-state index is 0. The number of nitrogens with one attached hydrogen (secondary N) is 3. The Bertz CT molecular complexity index is 814. The van der Waals surface area contributed by atoms with E-state index in [0.29, 0.717) is 32.1 Å². The van der Waals surface area contributed by atoms with E-state index in [4.69, 9.17) is 4.74 Å². The smallest absolute Gasteiger partial charge is 0.225 e. The number of benzene rings is 2. The molecule has 1 aliphatic rings. The third-order valence-electron chi connectivity index (χ3n) is 4.32. The Morgan fingerprint density at radius 2 is 1.96 bits per heavy atom. The predicted octanol–water partition coefficient (Wildman–Crippen LogP) is 3.74. The molecule has 0 radical (unpaired) electrons. The van der Waals surface area contributed by atoms with Crippen molar-refractivity contribution in [3.63, 3.8) is 0 Å². The van der Waals surface area contributed by atoms with Crippen LogP contribution in [0.25, 0.3) is 0 Å². The normalized spacial score (nSPS) is 15.7. The zero-order valence-electron chi connectivity index (χ0n) is 15.6. The van der Waals surface area contributed by atoms with Crippen LogP contribution >= 0.6 is 39.9 Å². The second-order valence-electron chi connectivity index (χ2n) is 6.22. The molecule has 1 aliphatic heterocycles. The van der Waals surface area contributed by atoms with E-state index in [-0.39, 0.29) is 35.8 Å². The molecule has 0 fully saturated rings. The van der Waals surface area contributed by atoms with E-state index >= 15 is 0 Å². The van der Waals surface area contributed by atoms with Gasteiger partial charge in [-0.25, -0.2) is 0 Å². The number of anilines is 1. The van der Waals surface area contributed by atoms with Gasteiger partial charge in [0.25, 0.3) is 0 Å². The van der Waals surface area contributed by atoms with E-state index in [0.717, 1.165) is 21.5 Å². The summed E-state index contributed by atoms with van der Waals surface area (Å²) in [5.74, 6) is 1.68. The summed E-state index contributed by atoms with van der Waals surface area (Å²) in [5, 5.41) is 9.45. The molecule has 0 spiro atoms. The molecule has 3 N–H and O–H groups in total. The standard InChI is InChI=1S/C20H23BrN4O2.HI/c1-22-20(23-10-11-27-16-8-6-15(21)7-9-16)24-13-14-12-19(26)25-18-5-3-2-4-17(14)18;/h2-9,14H,10-13H2,1H3,(H,25,26)(H2,22,23,24);1H. The Kier molecular flexibility index (Phi) is 9.04. The summed E-state index contributed by atoms with van der Waals surface area (Å²) in [7, 11) is 1.73. The van der Waals surface area contributed by atoms with Crippen LogP contribution in [0.4, 0.5) is 5.69 Å². The zero-order valence-corrected chi connectivity index (χ0v) is 19.5. The van der Waals surface area contributed by atoms with Crippen LogP contribution < -0.4 is 20.7 Å². The first kappa shape index (κ1) is 22.5. The summed E-state index contributed by atoms with van der Waals surface area (Å²) < 4.78 is 6.72. The van der Waals surface area contributed by atoms with Crippen molar-refractivity contribution in [1.82, 2.24) is 10.6 Å². The predicted molar refractivity (Wildman–Crippen MR) is 127 cm³/mol. The van der Waals surface area contributed by atoms with E-state index in [9.17, 15) is 4.79 Å². The molecule has 1 atom stereocenters. The highest BCUT2D eigenvalue weighted by atomic mass is 127. The number of nitrogens with zero attached hydrogens (tertiary/aromatic N) is 1. The number of carbonyl (C=O) groups excluding carboxylic acids is 1. The van der Waals surface area contributed by atoms with Gasteiger partial charge in [0.2, 0.25) is 5.91 Å². The summed E-state index contributed by atoms with van der Waals surface area (Å²) in [4.78, 5) is 16.1. The number of rotatable bonds is 6. The molecule has 150 valence electrons. The van der Waals surface area contributed by atoms with Crippen molar-refractivity contribution in [2.45, 2.75) is 12.3 Å². The van der Waals surface area contributed by atoms with Gasteiger partial charge in [-0.15, -0.1) is 24.0 Å². The lowest BCUT2D eigenvalue weighted by molar-refractivity contribution is -0.116. The lowest BCUT2D eigenvalue weighted by atomic mass is 9.90. The van der Waals surface area contributed by atoms with Crippen molar-refractivity contribution in [2.24, 2.45) is 4.99 Å². The summed E-state index contributed by atoms with van der Waals surface area (Å²) in [6, 6.07) is 15.7. The Morgan fingerprint density at radius 1 is 1.21 bits per heavy atom. The molecular weight excluding hydrogens is 535 g/mol. The summed E-state index contributed by atoms with van der Waals surface area (Å²) >= 11 is 3.40. The van der Waals surface area contributed by atoms with Crippen molar-refractivity contribution < 1.29 is 9.53 Å². The quantitative estimate of drug-likeness (QED) is 0.218. The maximum atomic E-state index is 11.9. The lowest BCUT2D eigenvalue weighted by Crippen LogP contribution is -2.42. The molecular formula is C20H24BrIN4O2. The molecule has 0 aliphatic carbocycles. The van der Waals surface area contributed by atoms with Gasteiger partial charge in [0.1, 0.15) is 12.4 Å². The van der Waals surface area contributed by atoms with E-state index in [1.807, 2.05) is 42.5 Å². The number of hydrogen-bond donors (Lipinski definition) is 3. The number of fused-ring (bicyclic) bond motifs is 1. The van der Waals surface area contributed by atoms with Crippen molar-refractivity contribution in [2.75, 3.05) is 32.1 Å². The summed E-state index contributed by atoms with van der Waals surface area (Å²) in [5.41, 5.74) is 2.05. The van der Waals surface area contributed by atoms with Gasteiger partial charge >= 0.3 is 0 Å². The Morgan fingerprint density at radius 3 is 2.71 bits per heavy atom. The fourth-order valence-electron chi connectivity index (χ4n) is 2.99. The number of hydrogen-bond acceptors (Lipinski definition) is 3. The van der Waals surface area contributed by atoms with Gasteiger partial charge in [0.05, 0.1) is 6.54 Å². The number of ether oxygens (including phenoxy) is 1. The lowest BCUT2D eigenvalue weighted by Gasteiger charge is -2.26. The van der Waals surface area contributed by atoms with Crippen molar-refractivity contribution in [1.29, 1.82) is 0 Å². The largest absolute Gasteiger partial charge is 0.492 e. The third-order valence-corrected chi connectivity index (χ3v) is 4.85. The van der Waals surface area contributed by atoms with Crippen molar-refractivity contribution in [3.05, 3.63) is 58.6 Å². The first-order valence-electron chi connectivity index (χ1n) is 8.87. The van der Waals surface area contributed by atoms with Crippen LogP contribution in [0, 0.1) is 0 Å². The maximum absolute atomic E-state index is 11.9. The average Bonchev–Trinajstić information content (AvgIpc) is 2.68. The van der Waals surface area contributed by atoms with E-state index in [1.54, 1.807) is 7.05 Å². The fraction of sp³-hybridized carbons (Fsp3) is 0.300. The highest BCUT2D eigenvalue weighted by molar-refractivity contribution is 14.0. The fourth-order valence-corrected chi connectivity index (χ4v) is 3.26. The highest BCUT2D eigenvalue weighted by Crippen LogP contribution is 2.31. The first-order valence-corrected chi connectivity index (χ1v) is 9.66. The molecule has 0 bridgehead atoms. The van der Waals surface area contributed by atoms with Gasteiger partial charge < -0.3 is 20.7 Å². The Hall–Kier alpha value is -1.81. The van der Waals surface area contributed by atoms with E-state index in [1.165, 1.54) is 0 Å². The number of para-hydroxylation sites is 1.